The normalized spacial score (nSPS) is 10.1. The molecule has 2 N–H and O–H groups in total. The Hall–Kier alpha value is -1.49. The topological polar surface area (TPSA) is 64.7 Å². The Balaban J connectivity index is 2.57. The molecule has 70 valence electrons. The van der Waals surface area contributed by atoms with Crippen LogP contribution in [0.3, 0.4) is 0 Å². The first-order chi connectivity index (χ1) is 6.77. The summed E-state index contributed by atoms with van der Waals surface area (Å²) in [6.07, 6.45) is 4.98. The number of pyridine rings is 1. The monoisotopic (exact) mass is 250 g/mol. The largest absolute Gasteiger partial charge is 0.383 e. The van der Waals surface area contributed by atoms with Gasteiger partial charge in [-0.25, -0.2) is 15.0 Å². The molecular formula is C9H7BrN4. The van der Waals surface area contributed by atoms with Crippen LogP contribution in [0.25, 0.3) is 11.4 Å². The van der Waals surface area contributed by atoms with Gasteiger partial charge in [0.2, 0.25) is 0 Å². The molecule has 0 amide bonds. The van der Waals surface area contributed by atoms with E-state index in [-0.39, 0.29) is 0 Å². The third-order valence-corrected chi connectivity index (χ3v) is 2.13. The molecule has 0 spiro atoms. The predicted octanol–water partition coefficient (Wildman–Crippen LogP) is 1.88. The Morgan fingerprint density at radius 1 is 1.14 bits per heavy atom. The lowest BCUT2D eigenvalue weighted by Crippen LogP contribution is -1.96. The Bertz CT molecular complexity index is 444. The number of nitrogens with zero attached hydrogens (tertiary/aromatic N) is 3. The van der Waals surface area contributed by atoms with Gasteiger partial charge in [0, 0.05) is 23.1 Å². The number of hydrogen-bond donors (Lipinski definition) is 1. The van der Waals surface area contributed by atoms with Crippen molar-refractivity contribution in [1.82, 2.24) is 15.0 Å². The first kappa shape index (κ1) is 9.08. The quantitative estimate of drug-likeness (QED) is 0.840. The second-order valence-electron chi connectivity index (χ2n) is 2.66. The zero-order valence-corrected chi connectivity index (χ0v) is 8.77. The maximum Gasteiger partial charge on any atom is 0.162 e. The van der Waals surface area contributed by atoms with E-state index in [1.54, 1.807) is 24.7 Å². The van der Waals surface area contributed by atoms with Gasteiger partial charge >= 0.3 is 0 Å². The Morgan fingerprint density at radius 3 is 2.57 bits per heavy atom. The standard InChI is InChI=1S/C9H7BrN4/c10-6-4-7(8(11)14-5-6)9-12-2-1-3-13-9/h1-5H,(H2,11,14). The summed E-state index contributed by atoms with van der Waals surface area (Å²) in [5.74, 6) is 1.01. The minimum Gasteiger partial charge on any atom is -0.383 e. The molecule has 0 aliphatic rings. The fraction of sp³-hybridized carbons (Fsp3) is 0. The van der Waals surface area contributed by atoms with E-state index in [4.69, 9.17) is 5.73 Å². The van der Waals surface area contributed by atoms with Gasteiger partial charge in [0.1, 0.15) is 5.82 Å². The summed E-state index contributed by atoms with van der Waals surface area (Å²) >= 11 is 3.32. The Morgan fingerprint density at radius 2 is 1.86 bits per heavy atom. The van der Waals surface area contributed by atoms with Crippen LogP contribution in [0, 0.1) is 0 Å². The number of anilines is 1. The van der Waals surface area contributed by atoms with Gasteiger partial charge in [-0.15, -0.1) is 0 Å². The highest BCUT2D eigenvalue weighted by Gasteiger charge is 2.06. The van der Waals surface area contributed by atoms with Crippen molar-refractivity contribution in [3.63, 3.8) is 0 Å². The lowest BCUT2D eigenvalue weighted by molar-refractivity contribution is 1.16. The van der Waals surface area contributed by atoms with E-state index in [0.717, 1.165) is 10.0 Å². The van der Waals surface area contributed by atoms with Crippen LogP contribution in [0.15, 0.2) is 35.2 Å². The van der Waals surface area contributed by atoms with Crippen molar-refractivity contribution in [3.8, 4) is 11.4 Å². The van der Waals surface area contributed by atoms with Gasteiger partial charge in [0.15, 0.2) is 5.82 Å². The fourth-order valence-corrected chi connectivity index (χ4v) is 1.40. The molecule has 0 fully saturated rings. The summed E-state index contributed by atoms with van der Waals surface area (Å²) in [4.78, 5) is 12.2. The van der Waals surface area contributed by atoms with Crippen LogP contribution >= 0.6 is 15.9 Å². The van der Waals surface area contributed by atoms with Gasteiger partial charge in [-0.05, 0) is 28.1 Å². The summed E-state index contributed by atoms with van der Waals surface area (Å²) in [5, 5.41) is 0. The smallest absolute Gasteiger partial charge is 0.162 e. The molecule has 0 unspecified atom stereocenters. The number of nitrogen functional groups attached to an aromatic ring is 1. The number of aromatic nitrogens is 3. The van der Waals surface area contributed by atoms with Gasteiger partial charge in [-0.2, -0.15) is 0 Å². The van der Waals surface area contributed by atoms with Crippen molar-refractivity contribution < 1.29 is 0 Å². The van der Waals surface area contributed by atoms with Crippen LogP contribution < -0.4 is 5.73 Å². The van der Waals surface area contributed by atoms with Gasteiger partial charge in [-0.1, -0.05) is 0 Å². The Labute approximate surface area is 89.4 Å². The predicted molar refractivity (Wildman–Crippen MR) is 57.4 cm³/mol. The molecule has 0 bridgehead atoms. The SMILES string of the molecule is Nc1ncc(Br)cc1-c1ncccn1. The minimum absolute atomic E-state index is 0.430. The van der Waals surface area contributed by atoms with Crippen LogP contribution in [-0.2, 0) is 0 Å². The third kappa shape index (κ3) is 1.72. The highest BCUT2D eigenvalue weighted by molar-refractivity contribution is 9.10. The first-order valence-electron chi connectivity index (χ1n) is 3.96. The van der Waals surface area contributed by atoms with Crippen LogP contribution in [-0.4, -0.2) is 15.0 Å². The van der Waals surface area contributed by atoms with Crippen LogP contribution in [0.1, 0.15) is 0 Å². The molecule has 0 radical (unpaired) electrons. The lowest BCUT2D eigenvalue weighted by atomic mass is 10.2. The van der Waals surface area contributed by atoms with Crippen molar-refractivity contribution in [1.29, 1.82) is 0 Å². The molecule has 0 aliphatic carbocycles. The average molecular weight is 251 g/mol. The van der Waals surface area contributed by atoms with E-state index >= 15 is 0 Å². The van der Waals surface area contributed by atoms with E-state index in [2.05, 4.69) is 30.9 Å². The maximum absolute atomic E-state index is 5.71. The minimum atomic E-state index is 0.430. The number of nitrogens with two attached hydrogens (primary N) is 1. The van der Waals surface area contributed by atoms with Crippen LogP contribution in [0.5, 0.6) is 0 Å². The van der Waals surface area contributed by atoms with Crippen molar-refractivity contribution in [2.45, 2.75) is 0 Å². The van der Waals surface area contributed by atoms with E-state index < -0.39 is 0 Å². The van der Waals surface area contributed by atoms with Crippen molar-refractivity contribution in [2.24, 2.45) is 0 Å². The van der Waals surface area contributed by atoms with Gasteiger partial charge in [0.25, 0.3) is 0 Å². The van der Waals surface area contributed by atoms with E-state index in [0.29, 0.717) is 11.6 Å². The molecule has 0 aromatic carbocycles. The zero-order chi connectivity index (χ0) is 9.97. The zero-order valence-electron chi connectivity index (χ0n) is 7.18. The number of halogens is 1. The Kier molecular flexibility index (Phi) is 2.41. The molecule has 2 heterocycles. The summed E-state index contributed by atoms with van der Waals surface area (Å²) < 4.78 is 0.856. The summed E-state index contributed by atoms with van der Waals surface area (Å²) in [7, 11) is 0. The third-order valence-electron chi connectivity index (χ3n) is 1.69. The maximum atomic E-state index is 5.71. The summed E-state index contributed by atoms with van der Waals surface area (Å²) in [5.41, 5.74) is 6.45. The molecule has 2 aromatic heterocycles. The van der Waals surface area contributed by atoms with E-state index in [9.17, 15) is 0 Å². The molecule has 4 nitrogen and oxygen atoms in total. The van der Waals surface area contributed by atoms with Crippen molar-refractivity contribution in [3.05, 3.63) is 35.2 Å². The molecule has 0 atom stereocenters. The second-order valence-corrected chi connectivity index (χ2v) is 3.57. The number of hydrogen-bond acceptors (Lipinski definition) is 4. The molecule has 2 aromatic rings. The molecule has 5 heteroatoms. The van der Waals surface area contributed by atoms with Crippen molar-refractivity contribution >= 4 is 21.7 Å². The first-order valence-corrected chi connectivity index (χ1v) is 4.75. The van der Waals surface area contributed by atoms with Gasteiger partial charge < -0.3 is 5.73 Å². The van der Waals surface area contributed by atoms with Crippen LogP contribution in [0.2, 0.25) is 0 Å². The van der Waals surface area contributed by atoms with E-state index in [1.807, 2.05) is 6.07 Å². The average Bonchev–Trinajstić information content (AvgIpc) is 2.23. The summed E-state index contributed by atoms with van der Waals surface area (Å²) in [6.45, 7) is 0. The number of rotatable bonds is 1. The van der Waals surface area contributed by atoms with Gasteiger partial charge in [0.05, 0.1) is 5.56 Å². The second kappa shape index (κ2) is 3.71. The fourth-order valence-electron chi connectivity index (χ4n) is 1.07. The lowest BCUT2D eigenvalue weighted by Gasteiger charge is -2.02. The molecule has 2 rings (SSSR count). The van der Waals surface area contributed by atoms with Crippen molar-refractivity contribution in [2.75, 3.05) is 5.73 Å². The molecule has 14 heavy (non-hydrogen) atoms. The molecular weight excluding hydrogens is 244 g/mol. The highest BCUT2D eigenvalue weighted by Crippen LogP contribution is 2.23. The van der Waals surface area contributed by atoms with Gasteiger partial charge in [-0.3, -0.25) is 0 Å². The van der Waals surface area contributed by atoms with Crippen LogP contribution in [0.4, 0.5) is 5.82 Å². The molecule has 0 aliphatic heterocycles. The highest BCUT2D eigenvalue weighted by atomic mass is 79.9. The summed E-state index contributed by atoms with van der Waals surface area (Å²) in [6, 6.07) is 3.60. The molecule has 0 saturated heterocycles. The van der Waals surface area contributed by atoms with E-state index in [1.165, 1.54) is 0 Å². The molecule has 0 saturated carbocycles.